The fourth-order valence-electron chi connectivity index (χ4n) is 1.32. The lowest BCUT2D eigenvalue weighted by molar-refractivity contribution is 0.145. The van der Waals surface area contributed by atoms with Crippen molar-refractivity contribution in [1.82, 2.24) is 10.7 Å². The Morgan fingerprint density at radius 2 is 2.20 bits per heavy atom. The van der Waals surface area contributed by atoms with E-state index in [0.29, 0.717) is 15.2 Å². The number of hydrazone groups is 1. The molecule has 0 aliphatic rings. The Labute approximate surface area is 134 Å². The molecule has 20 heavy (non-hydrogen) atoms. The Morgan fingerprint density at radius 3 is 2.90 bits per heavy atom. The molecule has 0 aliphatic heterocycles. The molecule has 0 bridgehead atoms. The zero-order valence-electron chi connectivity index (χ0n) is 11.2. The summed E-state index contributed by atoms with van der Waals surface area (Å²) in [6.07, 6.45) is 2.52. The second-order valence-electron chi connectivity index (χ2n) is 3.85. The van der Waals surface area contributed by atoms with E-state index in [1.165, 1.54) is 0 Å². The van der Waals surface area contributed by atoms with Gasteiger partial charge in [0.05, 0.1) is 16.3 Å². The number of ether oxygens (including phenoxy) is 1. The van der Waals surface area contributed by atoms with Crippen molar-refractivity contribution in [3.63, 3.8) is 0 Å². The lowest BCUT2D eigenvalue weighted by Crippen LogP contribution is -2.33. The molecule has 7 heteroatoms. The number of nitrogens with one attached hydrogen (secondary N) is 2. The van der Waals surface area contributed by atoms with Gasteiger partial charge in [0.25, 0.3) is 0 Å². The number of nitrogens with zero attached hydrogens (tertiary/aromatic N) is 1. The van der Waals surface area contributed by atoms with E-state index in [-0.39, 0.29) is 0 Å². The molecule has 0 unspecified atom stereocenters. The molecule has 0 fully saturated rings. The van der Waals surface area contributed by atoms with Crippen molar-refractivity contribution in [2.24, 2.45) is 5.10 Å². The summed E-state index contributed by atoms with van der Waals surface area (Å²) in [5.41, 5.74) is 3.57. The van der Waals surface area contributed by atoms with E-state index in [2.05, 4.69) is 15.8 Å². The van der Waals surface area contributed by atoms with Crippen LogP contribution in [0.15, 0.2) is 23.3 Å². The summed E-state index contributed by atoms with van der Waals surface area (Å²) in [6.45, 7) is 4.17. The smallest absolute Gasteiger partial charge is 0.186 e. The Morgan fingerprint density at radius 1 is 1.40 bits per heavy atom. The molecule has 0 aliphatic carbocycles. The normalized spacial score (nSPS) is 10.8. The maximum Gasteiger partial charge on any atom is 0.186 e. The lowest BCUT2D eigenvalue weighted by atomic mass is 10.2. The topological polar surface area (TPSA) is 45.6 Å². The quantitative estimate of drug-likeness (QED) is 0.348. The Kier molecular flexibility index (Phi) is 8.53. The molecule has 0 aromatic heterocycles. The van der Waals surface area contributed by atoms with E-state index in [1.807, 2.05) is 13.0 Å². The predicted molar refractivity (Wildman–Crippen MR) is 88.9 cm³/mol. The van der Waals surface area contributed by atoms with E-state index in [4.69, 9.17) is 40.2 Å². The van der Waals surface area contributed by atoms with Gasteiger partial charge in [0.15, 0.2) is 5.11 Å². The summed E-state index contributed by atoms with van der Waals surface area (Å²) >= 11 is 16.8. The van der Waals surface area contributed by atoms with E-state index in [9.17, 15) is 0 Å². The van der Waals surface area contributed by atoms with Crippen LogP contribution < -0.4 is 10.7 Å². The van der Waals surface area contributed by atoms with Crippen LogP contribution in [0.2, 0.25) is 10.0 Å². The van der Waals surface area contributed by atoms with Crippen molar-refractivity contribution in [1.29, 1.82) is 0 Å². The van der Waals surface area contributed by atoms with Gasteiger partial charge in [0, 0.05) is 19.8 Å². The fraction of sp³-hybridized carbons (Fsp3) is 0.385. The molecule has 0 saturated heterocycles. The van der Waals surface area contributed by atoms with Gasteiger partial charge in [-0.15, -0.1) is 0 Å². The van der Waals surface area contributed by atoms with Crippen LogP contribution in [0.3, 0.4) is 0 Å². The van der Waals surface area contributed by atoms with Gasteiger partial charge in [0.1, 0.15) is 0 Å². The second kappa shape index (κ2) is 9.94. The molecule has 0 atom stereocenters. The molecule has 0 amide bonds. The monoisotopic (exact) mass is 333 g/mol. The van der Waals surface area contributed by atoms with Gasteiger partial charge >= 0.3 is 0 Å². The van der Waals surface area contributed by atoms with Crippen LogP contribution in [0, 0.1) is 0 Å². The molecule has 0 spiro atoms. The lowest BCUT2D eigenvalue weighted by Gasteiger charge is -2.06. The average molecular weight is 334 g/mol. The Bertz CT molecular complexity index is 469. The third-order valence-corrected chi connectivity index (χ3v) is 3.25. The van der Waals surface area contributed by atoms with Crippen LogP contribution in [0.5, 0.6) is 0 Å². The van der Waals surface area contributed by atoms with Crippen LogP contribution in [0.1, 0.15) is 18.9 Å². The summed E-state index contributed by atoms with van der Waals surface area (Å²) in [6, 6.07) is 5.27. The van der Waals surface area contributed by atoms with E-state index < -0.39 is 0 Å². The highest BCUT2D eigenvalue weighted by Crippen LogP contribution is 2.21. The molecule has 0 radical (unpaired) electrons. The minimum atomic E-state index is 0.470. The fourth-order valence-corrected chi connectivity index (χ4v) is 1.78. The Balaban J connectivity index is 2.26. The molecule has 110 valence electrons. The predicted octanol–water partition coefficient (Wildman–Crippen LogP) is 3.22. The minimum Gasteiger partial charge on any atom is -0.382 e. The van der Waals surface area contributed by atoms with Crippen molar-refractivity contribution in [2.75, 3.05) is 19.8 Å². The molecule has 4 nitrogen and oxygen atoms in total. The number of benzene rings is 1. The van der Waals surface area contributed by atoms with Gasteiger partial charge in [-0.05, 0) is 43.3 Å². The van der Waals surface area contributed by atoms with Crippen LogP contribution in [-0.2, 0) is 4.74 Å². The van der Waals surface area contributed by atoms with Crippen molar-refractivity contribution < 1.29 is 4.74 Å². The molecule has 0 heterocycles. The van der Waals surface area contributed by atoms with Gasteiger partial charge in [-0.2, -0.15) is 5.10 Å². The first-order chi connectivity index (χ1) is 9.63. The largest absolute Gasteiger partial charge is 0.382 e. The zero-order valence-corrected chi connectivity index (χ0v) is 13.5. The zero-order chi connectivity index (χ0) is 14.8. The summed E-state index contributed by atoms with van der Waals surface area (Å²) in [5.74, 6) is 0. The number of thiocarbonyl (C=S) groups is 1. The maximum atomic E-state index is 5.90. The number of halogens is 2. The van der Waals surface area contributed by atoms with Gasteiger partial charge in [-0.1, -0.05) is 29.3 Å². The molecule has 1 aromatic rings. The highest BCUT2D eigenvalue weighted by molar-refractivity contribution is 7.80. The van der Waals surface area contributed by atoms with Crippen molar-refractivity contribution in [3.8, 4) is 0 Å². The second-order valence-corrected chi connectivity index (χ2v) is 5.07. The summed E-state index contributed by atoms with van der Waals surface area (Å²) in [7, 11) is 0. The number of rotatable bonds is 7. The standard InChI is InChI=1S/C13H17Cl2N3OS/c1-2-19-7-3-6-16-13(20)18-17-9-10-4-5-11(14)12(15)8-10/h4-5,8-9H,2-3,6-7H2,1H3,(H2,16,18,20)/b17-9-. The first-order valence-corrected chi connectivity index (χ1v) is 7.39. The SMILES string of the molecule is CCOCCCNC(=S)N/N=C\c1ccc(Cl)c(Cl)c1. The van der Waals surface area contributed by atoms with Crippen molar-refractivity contribution >= 4 is 46.7 Å². The third kappa shape index (κ3) is 7.05. The van der Waals surface area contributed by atoms with Crippen molar-refractivity contribution in [2.45, 2.75) is 13.3 Å². The highest BCUT2D eigenvalue weighted by atomic mass is 35.5. The molecular formula is C13H17Cl2N3OS. The van der Waals surface area contributed by atoms with Crippen LogP contribution in [-0.4, -0.2) is 31.1 Å². The summed E-state index contributed by atoms with van der Waals surface area (Å²) in [5, 5.41) is 8.52. The first-order valence-electron chi connectivity index (χ1n) is 6.23. The molecule has 0 saturated carbocycles. The molecule has 2 N–H and O–H groups in total. The molecular weight excluding hydrogens is 317 g/mol. The van der Waals surface area contributed by atoms with Gasteiger partial charge < -0.3 is 10.1 Å². The van der Waals surface area contributed by atoms with E-state index in [1.54, 1.807) is 18.3 Å². The van der Waals surface area contributed by atoms with Crippen LogP contribution in [0.25, 0.3) is 0 Å². The first kappa shape index (κ1) is 17.2. The van der Waals surface area contributed by atoms with Gasteiger partial charge in [-0.3, -0.25) is 5.43 Å². The summed E-state index contributed by atoms with van der Waals surface area (Å²) in [4.78, 5) is 0. The van der Waals surface area contributed by atoms with Crippen LogP contribution >= 0.6 is 35.4 Å². The Hall–Kier alpha value is -0.880. The van der Waals surface area contributed by atoms with Gasteiger partial charge in [0.2, 0.25) is 0 Å². The highest BCUT2D eigenvalue weighted by Gasteiger charge is 1.97. The number of hydrogen-bond acceptors (Lipinski definition) is 3. The van der Waals surface area contributed by atoms with Gasteiger partial charge in [-0.25, -0.2) is 0 Å². The molecule has 1 aromatic carbocycles. The van der Waals surface area contributed by atoms with E-state index >= 15 is 0 Å². The number of hydrogen-bond donors (Lipinski definition) is 2. The third-order valence-electron chi connectivity index (χ3n) is 2.28. The van der Waals surface area contributed by atoms with E-state index in [0.717, 1.165) is 31.7 Å². The maximum absolute atomic E-state index is 5.90. The average Bonchev–Trinajstić information content (AvgIpc) is 2.42. The van der Waals surface area contributed by atoms with Crippen LogP contribution in [0.4, 0.5) is 0 Å². The minimum absolute atomic E-state index is 0.470. The summed E-state index contributed by atoms with van der Waals surface area (Å²) < 4.78 is 5.22. The molecule has 1 rings (SSSR count). The van der Waals surface area contributed by atoms with Crippen molar-refractivity contribution in [3.05, 3.63) is 33.8 Å².